The minimum atomic E-state index is -0.865. The van der Waals surface area contributed by atoms with Crippen molar-refractivity contribution < 1.29 is 9.90 Å². The fourth-order valence-corrected chi connectivity index (χ4v) is 2.78. The van der Waals surface area contributed by atoms with Gasteiger partial charge < -0.3 is 10.0 Å². The summed E-state index contributed by atoms with van der Waals surface area (Å²) in [6, 6.07) is 0. The average molecular weight is 256 g/mol. The van der Waals surface area contributed by atoms with E-state index >= 15 is 0 Å². The zero-order valence-corrected chi connectivity index (χ0v) is 11.7. The molecule has 1 aromatic heterocycles. The number of carboxylic acid groups (broad SMARTS) is 1. The van der Waals surface area contributed by atoms with Crippen LogP contribution in [-0.2, 0) is 0 Å². The van der Waals surface area contributed by atoms with Gasteiger partial charge in [-0.05, 0) is 26.2 Å². The molecule has 4 nitrogen and oxygen atoms in total. The van der Waals surface area contributed by atoms with Gasteiger partial charge in [-0.3, -0.25) is 0 Å². The average Bonchev–Trinajstić information content (AvgIpc) is 2.75. The van der Waals surface area contributed by atoms with Crippen molar-refractivity contribution in [3.05, 3.63) is 10.6 Å². The van der Waals surface area contributed by atoms with Gasteiger partial charge in [0.2, 0.25) is 0 Å². The van der Waals surface area contributed by atoms with E-state index in [0.717, 1.165) is 30.3 Å². The highest BCUT2D eigenvalue weighted by Crippen LogP contribution is 2.32. The minimum absolute atomic E-state index is 0.196. The van der Waals surface area contributed by atoms with Gasteiger partial charge in [0.25, 0.3) is 0 Å². The number of hydrogen-bond acceptors (Lipinski definition) is 4. The fraction of sp³-hybridized carbons (Fsp3) is 0.667. The van der Waals surface area contributed by atoms with Gasteiger partial charge in [-0.15, -0.1) is 0 Å². The van der Waals surface area contributed by atoms with Crippen LogP contribution in [0.2, 0.25) is 0 Å². The highest BCUT2D eigenvalue weighted by atomic mass is 32.1. The first-order valence-electron chi connectivity index (χ1n) is 6.03. The molecule has 0 fully saturated rings. The van der Waals surface area contributed by atoms with Crippen molar-refractivity contribution in [2.75, 3.05) is 18.0 Å². The smallest absolute Gasteiger partial charge is 0.347 e. The number of aromatic carboxylic acids is 1. The van der Waals surface area contributed by atoms with Crippen LogP contribution in [0.5, 0.6) is 0 Å². The molecule has 1 N–H and O–H groups in total. The normalized spacial score (nSPS) is 12.5. The lowest BCUT2D eigenvalue weighted by atomic mass is 10.0. The Morgan fingerprint density at radius 2 is 2.00 bits per heavy atom. The van der Waals surface area contributed by atoms with Crippen LogP contribution in [-0.4, -0.2) is 29.1 Å². The van der Waals surface area contributed by atoms with Crippen molar-refractivity contribution in [2.24, 2.45) is 0 Å². The van der Waals surface area contributed by atoms with Crippen LogP contribution < -0.4 is 4.90 Å². The van der Waals surface area contributed by atoms with Gasteiger partial charge in [-0.2, -0.15) is 0 Å². The Balaban J connectivity index is 3.16. The van der Waals surface area contributed by atoms with Gasteiger partial charge in [-0.25, -0.2) is 9.78 Å². The second-order valence-electron chi connectivity index (χ2n) is 4.00. The molecule has 0 aliphatic heterocycles. The molecule has 1 unspecified atom stereocenters. The summed E-state index contributed by atoms with van der Waals surface area (Å²) in [5.74, 6) is -0.669. The molecule has 0 aromatic carbocycles. The maximum absolute atomic E-state index is 11.2. The van der Waals surface area contributed by atoms with Crippen molar-refractivity contribution in [3.8, 4) is 0 Å². The minimum Gasteiger partial charge on any atom is -0.477 e. The topological polar surface area (TPSA) is 53.4 Å². The molecule has 5 heteroatoms. The van der Waals surface area contributed by atoms with Gasteiger partial charge in [0.1, 0.15) is 4.88 Å². The predicted molar refractivity (Wildman–Crippen MR) is 71.3 cm³/mol. The van der Waals surface area contributed by atoms with Gasteiger partial charge in [0, 0.05) is 13.1 Å². The van der Waals surface area contributed by atoms with Crippen molar-refractivity contribution in [3.63, 3.8) is 0 Å². The van der Waals surface area contributed by atoms with E-state index in [0.29, 0.717) is 4.88 Å². The van der Waals surface area contributed by atoms with Gasteiger partial charge in [0.15, 0.2) is 5.13 Å². The summed E-state index contributed by atoms with van der Waals surface area (Å²) in [5, 5.41) is 10.0. The fourth-order valence-electron chi connectivity index (χ4n) is 1.63. The summed E-state index contributed by atoms with van der Waals surface area (Å²) >= 11 is 1.28. The molecule has 1 rings (SSSR count). The molecule has 0 saturated heterocycles. The Bertz CT molecular complexity index is 386. The van der Waals surface area contributed by atoms with Crippen LogP contribution >= 0.6 is 11.3 Å². The van der Waals surface area contributed by atoms with Crippen LogP contribution in [0, 0.1) is 0 Å². The Kier molecular flexibility index (Phi) is 4.93. The zero-order valence-electron chi connectivity index (χ0n) is 10.9. The summed E-state index contributed by atoms with van der Waals surface area (Å²) in [6.45, 7) is 9.87. The second-order valence-corrected chi connectivity index (χ2v) is 4.98. The third-order valence-corrected chi connectivity index (χ3v) is 4.07. The number of rotatable bonds is 6. The van der Waals surface area contributed by atoms with Crippen LogP contribution in [0.15, 0.2) is 0 Å². The van der Waals surface area contributed by atoms with Crippen molar-refractivity contribution >= 4 is 22.4 Å². The molecule has 0 spiro atoms. The molecule has 17 heavy (non-hydrogen) atoms. The van der Waals surface area contributed by atoms with E-state index in [1.165, 1.54) is 11.3 Å². The van der Waals surface area contributed by atoms with E-state index in [1.807, 2.05) is 27.7 Å². The predicted octanol–water partition coefficient (Wildman–Crippen LogP) is 3.20. The third-order valence-electron chi connectivity index (χ3n) is 2.95. The summed E-state index contributed by atoms with van der Waals surface area (Å²) in [4.78, 5) is 18.2. The first-order chi connectivity index (χ1) is 8.04. The first kappa shape index (κ1) is 14.0. The molecule has 1 atom stereocenters. The Morgan fingerprint density at radius 1 is 1.41 bits per heavy atom. The summed E-state index contributed by atoms with van der Waals surface area (Å²) in [6.07, 6.45) is 0.904. The van der Waals surface area contributed by atoms with Crippen LogP contribution in [0.25, 0.3) is 0 Å². The molecule has 0 bridgehead atoms. The molecule has 0 amide bonds. The summed E-state index contributed by atoms with van der Waals surface area (Å²) < 4.78 is 0. The number of hydrogen-bond donors (Lipinski definition) is 1. The highest BCUT2D eigenvalue weighted by Gasteiger charge is 2.22. The Morgan fingerprint density at radius 3 is 2.41 bits per heavy atom. The lowest BCUT2D eigenvalue weighted by molar-refractivity contribution is 0.0700. The SMILES string of the molecule is CCC(C)c1nc(N(CC)CC)sc1C(=O)O. The van der Waals surface area contributed by atoms with E-state index in [-0.39, 0.29) is 5.92 Å². The third kappa shape index (κ3) is 2.97. The summed E-state index contributed by atoms with van der Waals surface area (Å²) in [7, 11) is 0. The standard InChI is InChI=1S/C12H20N2O2S/c1-5-8(4)9-10(11(15)16)17-12(13-9)14(6-2)7-3/h8H,5-7H2,1-4H3,(H,15,16). The van der Waals surface area contributed by atoms with Crippen molar-refractivity contribution in [2.45, 2.75) is 40.0 Å². The number of carboxylic acids is 1. The first-order valence-corrected chi connectivity index (χ1v) is 6.85. The second kappa shape index (κ2) is 6.00. The molecule has 0 radical (unpaired) electrons. The van der Waals surface area contributed by atoms with Gasteiger partial charge in [-0.1, -0.05) is 25.2 Å². The van der Waals surface area contributed by atoms with Crippen molar-refractivity contribution in [1.82, 2.24) is 4.98 Å². The molecule has 0 saturated carbocycles. The molecule has 1 aromatic rings. The lowest BCUT2D eigenvalue weighted by Gasteiger charge is -2.16. The maximum Gasteiger partial charge on any atom is 0.347 e. The van der Waals surface area contributed by atoms with E-state index in [2.05, 4.69) is 9.88 Å². The van der Waals surface area contributed by atoms with E-state index in [9.17, 15) is 9.90 Å². The highest BCUT2D eigenvalue weighted by molar-refractivity contribution is 7.17. The molecular weight excluding hydrogens is 236 g/mol. The molecule has 96 valence electrons. The Hall–Kier alpha value is -1.10. The summed E-state index contributed by atoms with van der Waals surface area (Å²) in [5.41, 5.74) is 0.729. The molecule has 0 aliphatic rings. The van der Waals surface area contributed by atoms with Gasteiger partial charge >= 0.3 is 5.97 Å². The number of thiazole rings is 1. The Labute approximate surface area is 106 Å². The number of anilines is 1. The van der Waals surface area contributed by atoms with Crippen molar-refractivity contribution in [1.29, 1.82) is 0 Å². The monoisotopic (exact) mass is 256 g/mol. The zero-order chi connectivity index (χ0) is 13.0. The maximum atomic E-state index is 11.2. The largest absolute Gasteiger partial charge is 0.477 e. The van der Waals surface area contributed by atoms with E-state index in [4.69, 9.17) is 0 Å². The number of nitrogens with zero attached hydrogens (tertiary/aromatic N) is 2. The van der Waals surface area contributed by atoms with E-state index < -0.39 is 5.97 Å². The van der Waals surface area contributed by atoms with Crippen LogP contribution in [0.3, 0.4) is 0 Å². The number of carbonyl (C=O) groups is 1. The lowest BCUT2D eigenvalue weighted by Crippen LogP contribution is -2.21. The number of aromatic nitrogens is 1. The van der Waals surface area contributed by atoms with Crippen LogP contribution in [0.4, 0.5) is 5.13 Å². The van der Waals surface area contributed by atoms with Crippen LogP contribution in [0.1, 0.15) is 55.4 Å². The molecule has 1 heterocycles. The molecule has 0 aliphatic carbocycles. The van der Waals surface area contributed by atoms with E-state index in [1.54, 1.807) is 0 Å². The quantitative estimate of drug-likeness (QED) is 0.849. The molecular formula is C12H20N2O2S. The van der Waals surface area contributed by atoms with Gasteiger partial charge in [0.05, 0.1) is 5.69 Å².